The molecule has 1 saturated carbocycles. The lowest BCUT2D eigenvalue weighted by Gasteiger charge is -2.25. The summed E-state index contributed by atoms with van der Waals surface area (Å²) in [5.74, 6) is 0.992. The zero-order chi connectivity index (χ0) is 7.40. The zero-order valence-corrected chi connectivity index (χ0v) is 8.64. The Kier molecular flexibility index (Phi) is 4.04. The topological polar surface area (TPSA) is 0 Å². The molecule has 0 nitrogen and oxygen atoms in total. The van der Waals surface area contributed by atoms with E-state index in [9.17, 15) is 0 Å². The molecule has 0 aliphatic heterocycles. The quantitative estimate of drug-likeness (QED) is 0.519. The minimum Gasteiger partial charge on any atom is -0.0823 e. The monoisotopic (exact) mass is 251 g/mol. The van der Waals surface area contributed by atoms with Gasteiger partial charge in [0, 0.05) is 3.92 Å². The molecule has 1 aliphatic rings. The molecule has 59 valence electrons. The van der Waals surface area contributed by atoms with Gasteiger partial charge >= 0.3 is 0 Å². The second kappa shape index (κ2) is 4.58. The average Bonchev–Trinajstić information content (AvgIpc) is 2.05. The number of rotatable bonds is 2. The van der Waals surface area contributed by atoms with Crippen molar-refractivity contribution >= 4 is 22.6 Å². The van der Waals surface area contributed by atoms with Gasteiger partial charge in [0.15, 0.2) is 0 Å². The lowest BCUT2D eigenvalue weighted by atomic mass is 9.86. The van der Waals surface area contributed by atoms with Crippen molar-refractivity contribution in [3.8, 4) is 0 Å². The third-order valence-electron chi connectivity index (χ3n) is 2.44. The predicted octanol–water partition coefficient (Wildman–Crippen LogP) is 3.59. The molecule has 1 unspecified atom stereocenters. The van der Waals surface area contributed by atoms with E-state index in [1.807, 2.05) is 0 Å². The van der Waals surface area contributed by atoms with Gasteiger partial charge < -0.3 is 0 Å². The van der Waals surface area contributed by atoms with Crippen molar-refractivity contribution in [2.45, 2.75) is 42.4 Å². The van der Waals surface area contributed by atoms with Gasteiger partial charge in [-0.15, -0.1) is 0 Å². The van der Waals surface area contributed by atoms with Gasteiger partial charge in [-0.2, -0.15) is 0 Å². The Labute approximate surface area is 77.9 Å². The molecular weight excluding hydrogens is 235 g/mol. The minimum absolute atomic E-state index is 0.845. The summed E-state index contributed by atoms with van der Waals surface area (Å²) in [5, 5.41) is 0. The highest BCUT2D eigenvalue weighted by atomic mass is 127. The van der Waals surface area contributed by atoms with Crippen molar-refractivity contribution in [3.05, 3.63) is 6.92 Å². The first-order chi connectivity index (χ1) is 4.84. The molecule has 0 aromatic rings. The first-order valence-corrected chi connectivity index (χ1v) is 5.52. The van der Waals surface area contributed by atoms with Crippen molar-refractivity contribution in [3.63, 3.8) is 0 Å². The Balaban J connectivity index is 2.24. The Hall–Kier alpha value is 0.730. The molecule has 0 heterocycles. The van der Waals surface area contributed by atoms with E-state index in [1.54, 1.807) is 0 Å². The summed E-state index contributed by atoms with van der Waals surface area (Å²) in [6.07, 6.45) is 8.43. The molecular formula is C9H16I. The Bertz CT molecular complexity index is 84.7. The van der Waals surface area contributed by atoms with Crippen LogP contribution in [0.3, 0.4) is 0 Å². The van der Waals surface area contributed by atoms with E-state index in [2.05, 4.69) is 29.5 Å². The van der Waals surface area contributed by atoms with E-state index in [0.29, 0.717) is 0 Å². The van der Waals surface area contributed by atoms with E-state index in [1.165, 1.54) is 32.1 Å². The first kappa shape index (κ1) is 8.82. The van der Waals surface area contributed by atoms with E-state index < -0.39 is 0 Å². The number of halogens is 1. The van der Waals surface area contributed by atoms with E-state index >= 15 is 0 Å². The Morgan fingerprint density at radius 2 is 1.90 bits per heavy atom. The molecule has 1 heteroatoms. The van der Waals surface area contributed by atoms with Gasteiger partial charge in [0.05, 0.1) is 0 Å². The molecule has 0 saturated heterocycles. The number of hydrogen-bond donors (Lipinski definition) is 0. The fourth-order valence-corrected chi connectivity index (χ4v) is 2.45. The molecule has 0 aromatic carbocycles. The maximum Gasteiger partial charge on any atom is 0.0138 e. The second-order valence-electron chi connectivity index (χ2n) is 3.20. The number of alkyl halides is 1. The fraction of sp³-hybridized carbons (Fsp3) is 0.889. The summed E-state index contributed by atoms with van der Waals surface area (Å²) >= 11 is 2.56. The molecule has 0 amide bonds. The summed E-state index contributed by atoms with van der Waals surface area (Å²) < 4.78 is 0.845. The van der Waals surface area contributed by atoms with Crippen LogP contribution in [-0.2, 0) is 0 Å². The van der Waals surface area contributed by atoms with Gasteiger partial charge in [0.2, 0.25) is 0 Å². The molecule has 0 aromatic heterocycles. The van der Waals surface area contributed by atoms with Crippen LogP contribution in [0.15, 0.2) is 0 Å². The van der Waals surface area contributed by atoms with Gasteiger partial charge in [0.1, 0.15) is 0 Å². The highest BCUT2D eigenvalue weighted by Crippen LogP contribution is 2.31. The molecule has 1 fully saturated rings. The molecule has 1 aliphatic carbocycles. The lowest BCUT2D eigenvalue weighted by molar-refractivity contribution is 0.356. The highest BCUT2D eigenvalue weighted by molar-refractivity contribution is 14.1. The highest BCUT2D eigenvalue weighted by Gasteiger charge is 2.19. The molecule has 1 radical (unpaired) electrons. The van der Waals surface area contributed by atoms with E-state index in [4.69, 9.17) is 0 Å². The van der Waals surface area contributed by atoms with Crippen molar-refractivity contribution in [2.75, 3.05) is 0 Å². The minimum atomic E-state index is 0.845. The first-order valence-electron chi connectivity index (χ1n) is 4.28. The predicted molar refractivity (Wildman–Crippen MR) is 54.4 cm³/mol. The van der Waals surface area contributed by atoms with Crippen LogP contribution in [0.25, 0.3) is 0 Å². The van der Waals surface area contributed by atoms with Gasteiger partial charge in [-0.25, -0.2) is 0 Å². The third-order valence-corrected chi connectivity index (χ3v) is 4.08. The summed E-state index contributed by atoms with van der Waals surface area (Å²) in [7, 11) is 0. The Morgan fingerprint density at radius 3 is 2.40 bits per heavy atom. The third kappa shape index (κ3) is 2.40. The molecule has 10 heavy (non-hydrogen) atoms. The Morgan fingerprint density at radius 1 is 1.30 bits per heavy atom. The average molecular weight is 251 g/mol. The zero-order valence-electron chi connectivity index (χ0n) is 6.48. The van der Waals surface area contributed by atoms with Crippen molar-refractivity contribution in [1.29, 1.82) is 0 Å². The van der Waals surface area contributed by atoms with Crippen molar-refractivity contribution in [2.24, 2.45) is 5.92 Å². The second-order valence-corrected chi connectivity index (χ2v) is 4.80. The van der Waals surface area contributed by atoms with Crippen LogP contribution in [0.4, 0.5) is 0 Å². The fourth-order valence-electron chi connectivity index (χ4n) is 1.73. The van der Waals surface area contributed by atoms with Crippen LogP contribution in [0.5, 0.6) is 0 Å². The van der Waals surface area contributed by atoms with Crippen LogP contribution in [-0.4, -0.2) is 3.92 Å². The van der Waals surface area contributed by atoms with E-state index in [-0.39, 0.29) is 0 Å². The van der Waals surface area contributed by atoms with Crippen LogP contribution >= 0.6 is 22.6 Å². The molecule has 0 bridgehead atoms. The summed E-state index contributed by atoms with van der Waals surface area (Å²) in [6, 6.07) is 0. The SMILES string of the molecule is [CH2]CC(I)C1CCCCC1. The lowest BCUT2D eigenvalue weighted by Crippen LogP contribution is -2.16. The van der Waals surface area contributed by atoms with Crippen LogP contribution in [0.2, 0.25) is 0 Å². The standard InChI is InChI=1S/C9H16I/c1-2-9(10)8-6-4-3-5-7-8/h8-9H,1-7H2. The van der Waals surface area contributed by atoms with Crippen LogP contribution in [0, 0.1) is 12.8 Å². The van der Waals surface area contributed by atoms with Gasteiger partial charge in [-0.05, 0) is 25.2 Å². The van der Waals surface area contributed by atoms with Crippen LogP contribution in [0.1, 0.15) is 38.5 Å². The maximum atomic E-state index is 3.95. The summed E-state index contributed by atoms with van der Waals surface area (Å²) in [5.41, 5.74) is 0. The largest absolute Gasteiger partial charge is 0.0823 e. The summed E-state index contributed by atoms with van der Waals surface area (Å²) in [4.78, 5) is 0. The van der Waals surface area contributed by atoms with Crippen molar-refractivity contribution < 1.29 is 0 Å². The van der Waals surface area contributed by atoms with Crippen LogP contribution < -0.4 is 0 Å². The van der Waals surface area contributed by atoms with Crippen molar-refractivity contribution in [1.82, 2.24) is 0 Å². The molecule has 0 spiro atoms. The van der Waals surface area contributed by atoms with E-state index in [0.717, 1.165) is 16.3 Å². The normalized spacial score (nSPS) is 24.6. The summed E-state index contributed by atoms with van der Waals surface area (Å²) in [6.45, 7) is 3.95. The van der Waals surface area contributed by atoms with Gasteiger partial charge in [-0.3, -0.25) is 0 Å². The number of hydrogen-bond acceptors (Lipinski definition) is 0. The molecule has 1 rings (SSSR count). The molecule has 0 N–H and O–H groups in total. The van der Waals surface area contributed by atoms with Gasteiger partial charge in [-0.1, -0.05) is 48.8 Å². The maximum absolute atomic E-state index is 3.95. The molecule has 1 atom stereocenters. The van der Waals surface area contributed by atoms with Gasteiger partial charge in [0.25, 0.3) is 0 Å². The smallest absolute Gasteiger partial charge is 0.0138 e.